The predicted molar refractivity (Wildman–Crippen MR) is 66.1 cm³/mol. The average molecular weight is 245 g/mol. The highest BCUT2D eigenvalue weighted by molar-refractivity contribution is 6.30. The summed E-state index contributed by atoms with van der Waals surface area (Å²) in [7, 11) is 2.00. The van der Waals surface area contributed by atoms with E-state index in [1.54, 1.807) is 12.1 Å². The van der Waals surface area contributed by atoms with E-state index in [1.807, 2.05) is 7.05 Å². The first-order valence-corrected chi connectivity index (χ1v) is 5.72. The number of hydrogen-bond donors (Lipinski definition) is 1. The third kappa shape index (κ3) is 2.94. The molecule has 0 fully saturated rings. The smallest absolute Gasteiger partial charge is 0.141 e. The highest BCUT2D eigenvalue weighted by Gasteiger charge is 2.18. The van der Waals surface area contributed by atoms with E-state index in [1.165, 1.54) is 6.07 Å². The summed E-state index contributed by atoms with van der Waals surface area (Å²) in [6, 6.07) is 5.20. The molecule has 1 rings (SSSR count). The first-order chi connectivity index (χ1) is 7.47. The fraction of sp³-hybridized carbons (Fsp3) is 0.500. The van der Waals surface area contributed by atoms with Crippen LogP contribution in [-0.2, 0) is 0 Å². The lowest BCUT2D eigenvalue weighted by atomic mass is 10.0. The van der Waals surface area contributed by atoms with E-state index in [0.717, 1.165) is 5.56 Å². The van der Waals surface area contributed by atoms with Gasteiger partial charge in [-0.05, 0) is 38.6 Å². The van der Waals surface area contributed by atoms with Crippen LogP contribution in [0.25, 0.3) is 0 Å². The molecule has 2 N–H and O–H groups in total. The van der Waals surface area contributed by atoms with Crippen molar-refractivity contribution in [2.24, 2.45) is 5.73 Å². The Bertz CT molecular complexity index is 355. The normalized spacial score (nSPS) is 13.5. The Hall–Kier alpha value is -0.640. The van der Waals surface area contributed by atoms with E-state index in [9.17, 15) is 4.39 Å². The zero-order chi connectivity index (χ0) is 12.3. The van der Waals surface area contributed by atoms with E-state index in [4.69, 9.17) is 17.3 Å². The number of nitrogens with zero attached hydrogens (tertiary/aromatic N) is 1. The maximum atomic E-state index is 13.0. The van der Waals surface area contributed by atoms with Gasteiger partial charge in [-0.3, -0.25) is 4.90 Å². The molecule has 0 saturated carbocycles. The van der Waals surface area contributed by atoms with Crippen LogP contribution in [0.2, 0.25) is 5.02 Å². The molecule has 0 aliphatic rings. The molecule has 0 aromatic heterocycles. The predicted octanol–water partition coefficient (Wildman–Crippen LogP) is 2.82. The molecule has 0 aliphatic heterocycles. The van der Waals surface area contributed by atoms with Gasteiger partial charge in [0.15, 0.2) is 0 Å². The zero-order valence-electron chi connectivity index (χ0n) is 9.87. The molecule has 1 aromatic carbocycles. The van der Waals surface area contributed by atoms with Gasteiger partial charge >= 0.3 is 0 Å². The van der Waals surface area contributed by atoms with Gasteiger partial charge in [0.2, 0.25) is 0 Å². The number of rotatable bonds is 4. The lowest BCUT2D eigenvalue weighted by Gasteiger charge is -2.30. The molecular weight excluding hydrogens is 227 g/mol. The van der Waals surface area contributed by atoms with E-state index in [-0.39, 0.29) is 11.1 Å². The fourth-order valence-electron chi connectivity index (χ4n) is 1.62. The quantitative estimate of drug-likeness (QED) is 0.883. The Morgan fingerprint density at radius 1 is 1.44 bits per heavy atom. The molecule has 0 aliphatic carbocycles. The third-order valence-electron chi connectivity index (χ3n) is 2.86. The lowest BCUT2D eigenvalue weighted by molar-refractivity contribution is 0.201. The zero-order valence-corrected chi connectivity index (χ0v) is 10.6. The SMILES string of the molecule is CC(C)N(C)C(CN)c1ccc(F)c(Cl)c1. The average Bonchev–Trinajstić information content (AvgIpc) is 2.24. The monoisotopic (exact) mass is 244 g/mol. The van der Waals surface area contributed by atoms with Crippen LogP contribution in [0, 0.1) is 5.82 Å². The van der Waals surface area contributed by atoms with Crippen LogP contribution in [0.15, 0.2) is 18.2 Å². The molecule has 1 atom stereocenters. The van der Waals surface area contributed by atoms with E-state index in [0.29, 0.717) is 12.6 Å². The first kappa shape index (κ1) is 13.4. The van der Waals surface area contributed by atoms with Crippen molar-refractivity contribution < 1.29 is 4.39 Å². The Kier molecular flexibility index (Phi) is 4.71. The molecular formula is C12H18ClFN2. The van der Waals surface area contributed by atoms with Gasteiger partial charge in [0.1, 0.15) is 5.82 Å². The van der Waals surface area contributed by atoms with Gasteiger partial charge in [-0.1, -0.05) is 17.7 Å². The van der Waals surface area contributed by atoms with Crippen LogP contribution in [0.3, 0.4) is 0 Å². The Morgan fingerprint density at radius 2 is 2.06 bits per heavy atom. The van der Waals surface area contributed by atoms with Gasteiger partial charge in [-0.25, -0.2) is 4.39 Å². The van der Waals surface area contributed by atoms with Crippen molar-refractivity contribution in [3.8, 4) is 0 Å². The number of nitrogens with two attached hydrogens (primary N) is 1. The van der Waals surface area contributed by atoms with Gasteiger partial charge in [-0.15, -0.1) is 0 Å². The van der Waals surface area contributed by atoms with Crippen molar-refractivity contribution in [1.29, 1.82) is 0 Å². The summed E-state index contributed by atoms with van der Waals surface area (Å²) >= 11 is 5.76. The van der Waals surface area contributed by atoms with Gasteiger partial charge < -0.3 is 5.73 Å². The van der Waals surface area contributed by atoms with E-state index in [2.05, 4.69) is 18.7 Å². The second-order valence-electron chi connectivity index (χ2n) is 4.18. The molecule has 16 heavy (non-hydrogen) atoms. The number of hydrogen-bond acceptors (Lipinski definition) is 2. The first-order valence-electron chi connectivity index (χ1n) is 5.34. The van der Waals surface area contributed by atoms with Crippen molar-refractivity contribution in [2.75, 3.05) is 13.6 Å². The summed E-state index contributed by atoms with van der Waals surface area (Å²) in [4.78, 5) is 2.14. The highest BCUT2D eigenvalue weighted by Crippen LogP contribution is 2.24. The molecule has 0 heterocycles. The maximum absolute atomic E-state index is 13.0. The molecule has 90 valence electrons. The van der Waals surface area contributed by atoms with Crippen molar-refractivity contribution in [2.45, 2.75) is 25.9 Å². The van der Waals surface area contributed by atoms with Gasteiger partial charge in [0.05, 0.1) is 5.02 Å². The molecule has 0 spiro atoms. The standard InChI is InChI=1S/C12H18ClFN2/c1-8(2)16(3)12(7-15)9-4-5-11(14)10(13)6-9/h4-6,8,12H,7,15H2,1-3H3. The summed E-state index contributed by atoms with van der Waals surface area (Å²) in [6.45, 7) is 4.66. The van der Waals surface area contributed by atoms with Crippen molar-refractivity contribution >= 4 is 11.6 Å². The Labute approximate surface area is 101 Å². The molecule has 1 unspecified atom stereocenters. The van der Waals surface area contributed by atoms with Crippen molar-refractivity contribution in [3.05, 3.63) is 34.6 Å². The molecule has 4 heteroatoms. The van der Waals surface area contributed by atoms with Crippen LogP contribution in [0.1, 0.15) is 25.5 Å². The van der Waals surface area contributed by atoms with E-state index < -0.39 is 5.82 Å². The second-order valence-corrected chi connectivity index (χ2v) is 4.59. The van der Waals surface area contributed by atoms with Gasteiger partial charge in [0.25, 0.3) is 0 Å². The largest absolute Gasteiger partial charge is 0.329 e. The summed E-state index contributed by atoms with van der Waals surface area (Å²) in [5.41, 5.74) is 6.70. The van der Waals surface area contributed by atoms with Gasteiger partial charge in [-0.2, -0.15) is 0 Å². The minimum absolute atomic E-state index is 0.0677. The summed E-state index contributed by atoms with van der Waals surface area (Å²) in [5, 5.41) is 0.146. The van der Waals surface area contributed by atoms with E-state index >= 15 is 0 Å². The fourth-order valence-corrected chi connectivity index (χ4v) is 1.81. The molecule has 0 radical (unpaired) electrons. The molecule has 2 nitrogen and oxygen atoms in total. The van der Waals surface area contributed by atoms with Crippen LogP contribution in [0.4, 0.5) is 4.39 Å². The molecule has 0 bridgehead atoms. The minimum atomic E-state index is -0.395. The molecule has 1 aromatic rings. The lowest BCUT2D eigenvalue weighted by Crippen LogP contribution is -2.35. The minimum Gasteiger partial charge on any atom is -0.329 e. The maximum Gasteiger partial charge on any atom is 0.141 e. The number of likely N-dealkylation sites (N-methyl/N-ethyl adjacent to an activating group) is 1. The van der Waals surface area contributed by atoms with Gasteiger partial charge in [0, 0.05) is 18.6 Å². The third-order valence-corrected chi connectivity index (χ3v) is 3.15. The molecule has 0 saturated heterocycles. The van der Waals surface area contributed by atoms with Crippen LogP contribution >= 0.6 is 11.6 Å². The van der Waals surface area contributed by atoms with Crippen molar-refractivity contribution in [3.63, 3.8) is 0 Å². The number of halogens is 2. The van der Waals surface area contributed by atoms with Crippen molar-refractivity contribution in [1.82, 2.24) is 4.90 Å². The van der Waals surface area contributed by atoms with Crippen LogP contribution < -0.4 is 5.73 Å². The second kappa shape index (κ2) is 5.62. The summed E-state index contributed by atoms with van der Waals surface area (Å²) in [6.07, 6.45) is 0. The number of benzene rings is 1. The molecule has 0 amide bonds. The highest BCUT2D eigenvalue weighted by atomic mass is 35.5. The Morgan fingerprint density at radius 3 is 2.50 bits per heavy atom. The van der Waals surface area contributed by atoms with Crippen LogP contribution in [0.5, 0.6) is 0 Å². The topological polar surface area (TPSA) is 29.3 Å². The summed E-state index contributed by atoms with van der Waals surface area (Å²) < 4.78 is 13.0. The Balaban J connectivity index is 2.99. The van der Waals surface area contributed by atoms with Crippen LogP contribution in [-0.4, -0.2) is 24.5 Å². The summed E-state index contributed by atoms with van der Waals surface area (Å²) in [5.74, 6) is -0.395.